The molecule has 3 unspecified atom stereocenters. The van der Waals surface area contributed by atoms with Crippen LogP contribution in [0.4, 0.5) is 0 Å². The van der Waals surface area contributed by atoms with Crippen molar-refractivity contribution >= 4 is 0 Å². The third kappa shape index (κ3) is 17.7. The van der Waals surface area contributed by atoms with Gasteiger partial charge in [0.2, 0.25) is 0 Å². The van der Waals surface area contributed by atoms with Crippen LogP contribution in [0.2, 0.25) is 0 Å². The Morgan fingerprint density at radius 3 is 0.725 bits per heavy atom. The van der Waals surface area contributed by atoms with E-state index >= 15 is 0 Å². The fourth-order valence-corrected chi connectivity index (χ4v) is 6.76. The van der Waals surface area contributed by atoms with Crippen LogP contribution in [0.3, 0.4) is 0 Å². The molecule has 0 saturated carbocycles. The summed E-state index contributed by atoms with van der Waals surface area (Å²) in [5, 5.41) is 0. The van der Waals surface area contributed by atoms with Crippen LogP contribution in [-0.4, -0.2) is 96.6 Å². The second kappa shape index (κ2) is 27.7. The first-order valence-corrected chi connectivity index (χ1v) is 18.4. The van der Waals surface area contributed by atoms with E-state index in [1.54, 1.807) is 0 Å². The maximum Gasteiger partial charge on any atom is 0.0223 e. The zero-order valence-corrected chi connectivity index (χ0v) is 29.5. The van der Waals surface area contributed by atoms with E-state index in [2.05, 4.69) is 81.9 Å². The second-order valence-electron chi connectivity index (χ2n) is 12.7. The minimum atomic E-state index is 0.690. The first-order chi connectivity index (χ1) is 19.5. The van der Waals surface area contributed by atoms with Crippen molar-refractivity contribution in [3.63, 3.8) is 0 Å². The van der Waals surface area contributed by atoms with Gasteiger partial charge >= 0.3 is 0 Å². The molecule has 4 heteroatoms. The molecule has 242 valence electrons. The zero-order valence-electron chi connectivity index (χ0n) is 29.5. The minimum Gasteiger partial charge on any atom is -0.299 e. The van der Waals surface area contributed by atoms with Crippen LogP contribution in [-0.2, 0) is 0 Å². The highest BCUT2D eigenvalue weighted by Crippen LogP contribution is 2.20. The molecule has 0 aliphatic heterocycles. The first-order valence-electron chi connectivity index (χ1n) is 18.4. The Hall–Kier alpha value is -0.160. The molecule has 3 atom stereocenters. The summed E-state index contributed by atoms with van der Waals surface area (Å²) in [6.45, 7) is 32.7. The minimum absolute atomic E-state index is 0.690. The van der Waals surface area contributed by atoms with Gasteiger partial charge in [0.25, 0.3) is 0 Å². The molecule has 0 N–H and O–H groups in total. The Kier molecular flexibility index (Phi) is 27.5. The van der Waals surface area contributed by atoms with Gasteiger partial charge < -0.3 is 0 Å². The van der Waals surface area contributed by atoms with Crippen molar-refractivity contribution < 1.29 is 0 Å². The van der Waals surface area contributed by atoms with Crippen molar-refractivity contribution in [2.45, 2.75) is 177 Å². The molecule has 0 aliphatic carbocycles. The lowest BCUT2D eigenvalue weighted by atomic mass is 10.0. The standard InChI is InChI=1S/C36H78N4/c1-10-19-22-34(38(25-13-4)26-14-5)31-37(32-35(23-20-11-2)39(27-15-6)28-16-7)33-36(24-21-12-3)40(29-17-8)30-18-9/h34-36H,10-33H2,1-9H3. The molecule has 0 amide bonds. The van der Waals surface area contributed by atoms with Gasteiger partial charge in [0.1, 0.15) is 0 Å². The molecule has 0 heterocycles. The fraction of sp³-hybridized carbons (Fsp3) is 1.00. The maximum absolute atomic E-state index is 3.00. The molecular weight excluding hydrogens is 488 g/mol. The van der Waals surface area contributed by atoms with Crippen LogP contribution in [0.25, 0.3) is 0 Å². The van der Waals surface area contributed by atoms with Crippen molar-refractivity contribution in [1.82, 2.24) is 19.6 Å². The van der Waals surface area contributed by atoms with Crippen LogP contribution in [0.5, 0.6) is 0 Å². The summed E-state index contributed by atoms with van der Waals surface area (Å²) in [5.74, 6) is 0. The van der Waals surface area contributed by atoms with Crippen molar-refractivity contribution in [3.05, 3.63) is 0 Å². The van der Waals surface area contributed by atoms with E-state index in [1.165, 1.54) is 155 Å². The molecule has 0 aliphatic rings. The van der Waals surface area contributed by atoms with Gasteiger partial charge in [0.15, 0.2) is 0 Å². The summed E-state index contributed by atoms with van der Waals surface area (Å²) in [6.07, 6.45) is 19.7. The van der Waals surface area contributed by atoms with Gasteiger partial charge in [-0.1, -0.05) is 101 Å². The Balaban J connectivity index is 6.38. The highest BCUT2D eigenvalue weighted by atomic mass is 15.3. The predicted octanol–water partition coefficient (Wildman–Crippen LogP) is 9.33. The van der Waals surface area contributed by atoms with Crippen LogP contribution in [0, 0.1) is 0 Å². The molecule has 40 heavy (non-hydrogen) atoms. The molecule has 0 rings (SSSR count). The zero-order chi connectivity index (χ0) is 30.0. The highest BCUT2D eigenvalue weighted by Gasteiger charge is 2.28. The van der Waals surface area contributed by atoms with Gasteiger partial charge in [-0.2, -0.15) is 0 Å². The van der Waals surface area contributed by atoms with Gasteiger partial charge in [-0.05, 0) is 97.1 Å². The molecular formula is C36H78N4. The van der Waals surface area contributed by atoms with Gasteiger partial charge in [-0.3, -0.25) is 19.6 Å². The van der Waals surface area contributed by atoms with E-state index in [4.69, 9.17) is 0 Å². The number of unbranched alkanes of at least 4 members (excludes halogenated alkanes) is 3. The molecule has 0 aromatic rings. The summed E-state index contributed by atoms with van der Waals surface area (Å²) in [7, 11) is 0. The predicted molar refractivity (Wildman–Crippen MR) is 183 cm³/mol. The Labute approximate surface area is 255 Å². The summed E-state index contributed by atoms with van der Waals surface area (Å²) in [5.41, 5.74) is 0. The lowest BCUT2D eigenvalue weighted by molar-refractivity contribution is 0.0633. The van der Waals surface area contributed by atoms with E-state index in [0.717, 1.165) is 0 Å². The number of hydrogen-bond donors (Lipinski definition) is 0. The SMILES string of the molecule is CCCCC(CN(CC(CCCC)N(CCC)CCC)CC(CCCC)N(CCC)CCC)N(CCC)CCC. The van der Waals surface area contributed by atoms with E-state index in [-0.39, 0.29) is 0 Å². The fourth-order valence-electron chi connectivity index (χ4n) is 6.76. The third-order valence-corrected chi connectivity index (χ3v) is 8.69. The normalized spacial score (nSPS) is 14.6. The van der Waals surface area contributed by atoms with Crippen LogP contribution in [0.1, 0.15) is 159 Å². The van der Waals surface area contributed by atoms with Crippen LogP contribution >= 0.6 is 0 Å². The van der Waals surface area contributed by atoms with Crippen LogP contribution < -0.4 is 0 Å². The molecule has 0 aromatic heterocycles. The third-order valence-electron chi connectivity index (χ3n) is 8.69. The molecule has 0 radical (unpaired) electrons. The largest absolute Gasteiger partial charge is 0.299 e. The summed E-state index contributed by atoms with van der Waals surface area (Å²) >= 11 is 0. The quantitative estimate of drug-likeness (QED) is 0.0858. The number of nitrogens with zero attached hydrogens (tertiary/aromatic N) is 4. The first kappa shape index (κ1) is 39.8. The van der Waals surface area contributed by atoms with Gasteiger partial charge in [0.05, 0.1) is 0 Å². The van der Waals surface area contributed by atoms with Crippen molar-refractivity contribution in [2.75, 3.05) is 58.9 Å². The molecule has 0 fully saturated rings. The number of rotatable bonds is 30. The lowest BCUT2D eigenvalue weighted by Crippen LogP contribution is -2.53. The average Bonchev–Trinajstić information content (AvgIpc) is 2.94. The van der Waals surface area contributed by atoms with Gasteiger partial charge in [0, 0.05) is 37.8 Å². The van der Waals surface area contributed by atoms with Gasteiger partial charge in [-0.25, -0.2) is 0 Å². The Bertz CT molecular complexity index is 424. The monoisotopic (exact) mass is 567 g/mol. The summed E-state index contributed by atoms with van der Waals surface area (Å²) in [6, 6.07) is 2.07. The molecule has 4 nitrogen and oxygen atoms in total. The Morgan fingerprint density at radius 1 is 0.325 bits per heavy atom. The van der Waals surface area contributed by atoms with E-state index in [1.807, 2.05) is 0 Å². The van der Waals surface area contributed by atoms with E-state index in [9.17, 15) is 0 Å². The van der Waals surface area contributed by atoms with Gasteiger partial charge in [-0.15, -0.1) is 0 Å². The topological polar surface area (TPSA) is 13.0 Å². The number of hydrogen-bond acceptors (Lipinski definition) is 4. The summed E-state index contributed by atoms with van der Waals surface area (Å²) < 4.78 is 0. The average molecular weight is 567 g/mol. The lowest BCUT2D eigenvalue weighted by Gasteiger charge is -2.42. The molecule has 0 spiro atoms. The van der Waals surface area contributed by atoms with E-state index < -0.39 is 0 Å². The molecule has 0 aromatic carbocycles. The van der Waals surface area contributed by atoms with E-state index in [0.29, 0.717) is 18.1 Å². The highest BCUT2D eigenvalue weighted by molar-refractivity contribution is 4.85. The maximum atomic E-state index is 3.00. The Morgan fingerprint density at radius 2 is 0.550 bits per heavy atom. The molecule has 0 bridgehead atoms. The smallest absolute Gasteiger partial charge is 0.0223 e. The second-order valence-corrected chi connectivity index (χ2v) is 12.7. The summed E-state index contributed by atoms with van der Waals surface area (Å²) in [4.78, 5) is 11.6. The van der Waals surface area contributed by atoms with Crippen molar-refractivity contribution in [3.8, 4) is 0 Å². The van der Waals surface area contributed by atoms with Crippen LogP contribution in [0.15, 0.2) is 0 Å². The van der Waals surface area contributed by atoms with Crippen molar-refractivity contribution in [2.24, 2.45) is 0 Å². The van der Waals surface area contributed by atoms with Crippen molar-refractivity contribution in [1.29, 1.82) is 0 Å². The molecule has 0 saturated heterocycles.